The molecule has 202 valence electrons. The number of carbonyl (C=O) groups excluding carboxylic acids is 2. The molecule has 0 aromatic heterocycles. The van der Waals surface area contributed by atoms with Crippen LogP contribution in [0.15, 0.2) is 54.6 Å². The van der Waals surface area contributed by atoms with Crippen LogP contribution >= 0.6 is 11.6 Å². The van der Waals surface area contributed by atoms with Gasteiger partial charge in [0.2, 0.25) is 11.8 Å². The number of hydrogen-bond donors (Lipinski definition) is 1. The highest BCUT2D eigenvalue weighted by Crippen LogP contribution is 2.22. The van der Waals surface area contributed by atoms with Gasteiger partial charge in [0.1, 0.15) is 12.6 Å². The molecule has 1 N–H and O–H groups in total. The molecule has 0 unspecified atom stereocenters. The van der Waals surface area contributed by atoms with Gasteiger partial charge in [-0.15, -0.1) is 0 Å². The minimum Gasteiger partial charge on any atom is -0.352 e. The lowest BCUT2D eigenvalue weighted by atomic mass is 9.95. The van der Waals surface area contributed by atoms with Crippen LogP contribution < -0.4 is 9.62 Å². The molecule has 10 heteroatoms. The van der Waals surface area contributed by atoms with E-state index in [1.165, 1.54) is 25.4 Å². The number of nitrogens with zero attached hydrogens (tertiary/aromatic N) is 3. The van der Waals surface area contributed by atoms with Crippen LogP contribution in [0.3, 0.4) is 0 Å². The van der Waals surface area contributed by atoms with Crippen LogP contribution in [-0.2, 0) is 26.3 Å². The maximum Gasteiger partial charge on any atom is 0.304 e. The van der Waals surface area contributed by atoms with Crippen molar-refractivity contribution in [2.75, 3.05) is 24.9 Å². The third-order valence-electron chi connectivity index (χ3n) is 6.67. The molecule has 0 spiro atoms. The number of amides is 2. The van der Waals surface area contributed by atoms with Crippen LogP contribution in [0.4, 0.5) is 5.69 Å². The molecular weight excluding hydrogens is 512 g/mol. The standard InChI is InChI=1S/C27H37ClN4O4S/c1-4-25(27(34)29-23-11-7-5-8-12-23)31(19-21-15-17-22(28)18-16-21)26(33)20-32(37(35,36)30(2)3)24-13-9-6-10-14-24/h6,9-10,13-18,23,25H,4-5,7-8,11-12,19-20H2,1-3H3,(H,29,34)/t25-/m0/s1. The molecule has 0 bridgehead atoms. The highest BCUT2D eigenvalue weighted by molar-refractivity contribution is 7.90. The first kappa shape index (κ1) is 28.9. The van der Waals surface area contributed by atoms with Crippen molar-refractivity contribution in [3.63, 3.8) is 0 Å². The van der Waals surface area contributed by atoms with Gasteiger partial charge in [-0.1, -0.05) is 68.1 Å². The van der Waals surface area contributed by atoms with Gasteiger partial charge in [0.05, 0.1) is 5.69 Å². The van der Waals surface area contributed by atoms with E-state index in [0.717, 1.165) is 39.9 Å². The first-order valence-electron chi connectivity index (χ1n) is 12.7. The second kappa shape index (κ2) is 13.3. The second-order valence-electron chi connectivity index (χ2n) is 9.55. The molecule has 1 saturated carbocycles. The van der Waals surface area contributed by atoms with E-state index in [4.69, 9.17) is 11.6 Å². The summed E-state index contributed by atoms with van der Waals surface area (Å²) in [4.78, 5) is 28.8. The molecule has 2 aromatic carbocycles. The second-order valence-corrected chi connectivity index (χ2v) is 12.1. The smallest absolute Gasteiger partial charge is 0.304 e. The lowest BCUT2D eigenvalue weighted by Gasteiger charge is -2.35. The number of hydrogen-bond acceptors (Lipinski definition) is 4. The normalized spacial score (nSPS) is 15.3. The van der Waals surface area contributed by atoms with E-state index in [-0.39, 0.29) is 18.5 Å². The molecule has 2 aromatic rings. The molecule has 0 heterocycles. The van der Waals surface area contributed by atoms with Gasteiger partial charge < -0.3 is 10.2 Å². The Kier molecular flexibility index (Phi) is 10.4. The molecule has 2 amide bonds. The van der Waals surface area contributed by atoms with Crippen molar-refractivity contribution in [2.45, 2.75) is 64.1 Å². The Balaban J connectivity index is 1.93. The van der Waals surface area contributed by atoms with Crippen molar-refractivity contribution in [1.82, 2.24) is 14.5 Å². The monoisotopic (exact) mass is 548 g/mol. The number of para-hydroxylation sites is 1. The number of rotatable bonds is 11. The maximum atomic E-state index is 13.9. The van der Waals surface area contributed by atoms with Gasteiger partial charge >= 0.3 is 10.2 Å². The van der Waals surface area contributed by atoms with Crippen LogP contribution in [0.25, 0.3) is 0 Å². The molecule has 1 aliphatic rings. The summed E-state index contributed by atoms with van der Waals surface area (Å²) in [5.41, 5.74) is 1.17. The van der Waals surface area contributed by atoms with E-state index in [0.29, 0.717) is 17.1 Å². The lowest BCUT2D eigenvalue weighted by molar-refractivity contribution is -0.140. The van der Waals surface area contributed by atoms with Gasteiger partial charge in [-0.25, -0.2) is 4.31 Å². The number of nitrogens with one attached hydrogen (secondary N) is 1. The molecule has 37 heavy (non-hydrogen) atoms. The van der Waals surface area contributed by atoms with E-state index in [2.05, 4.69) is 5.32 Å². The zero-order valence-corrected chi connectivity index (χ0v) is 23.3. The molecule has 1 aliphatic carbocycles. The van der Waals surface area contributed by atoms with E-state index in [1.807, 2.05) is 6.92 Å². The fraction of sp³-hybridized carbons (Fsp3) is 0.481. The predicted molar refractivity (Wildman–Crippen MR) is 147 cm³/mol. The molecule has 1 atom stereocenters. The third-order valence-corrected chi connectivity index (χ3v) is 8.74. The SMILES string of the molecule is CC[C@@H](C(=O)NC1CCCCC1)N(Cc1ccc(Cl)cc1)C(=O)CN(c1ccccc1)S(=O)(=O)N(C)C. The summed E-state index contributed by atoms with van der Waals surface area (Å²) in [5.74, 6) is -0.673. The molecule has 0 aliphatic heterocycles. The van der Waals surface area contributed by atoms with Crippen molar-refractivity contribution in [3.8, 4) is 0 Å². The highest BCUT2D eigenvalue weighted by Gasteiger charge is 2.34. The molecule has 0 radical (unpaired) electrons. The zero-order chi connectivity index (χ0) is 27.0. The Morgan fingerprint density at radius 1 is 1.00 bits per heavy atom. The zero-order valence-electron chi connectivity index (χ0n) is 21.8. The summed E-state index contributed by atoms with van der Waals surface area (Å²) < 4.78 is 28.6. The summed E-state index contributed by atoms with van der Waals surface area (Å²) in [6.07, 6.45) is 5.56. The van der Waals surface area contributed by atoms with Gasteiger partial charge in [-0.3, -0.25) is 9.59 Å². The average molecular weight is 549 g/mol. The van der Waals surface area contributed by atoms with Gasteiger partial charge in [-0.05, 0) is 49.1 Å². The van der Waals surface area contributed by atoms with Crippen molar-refractivity contribution in [3.05, 3.63) is 65.2 Å². The number of benzene rings is 2. The quantitative estimate of drug-likeness (QED) is 0.455. The fourth-order valence-corrected chi connectivity index (χ4v) is 5.74. The van der Waals surface area contributed by atoms with Crippen LogP contribution in [-0.4, -0.2) is 62.2 Å². The Morgan fingerprint density at radius 3 is 2.19 bits per heavy atom. The van der Waals surface area contributed by atoms with Crippen LogP contribution in [0.2, 0.25) is 5.02 Å². The van der Waals surface area contributed by atoms with Crippen molar-refractivity contribution >= 4 is 39.3 Å². The Morgan fingerprint density at radius 2 is 1.62 bits per heavy atom. The predicted octanol–water partition coefficient (Wildman–Crippen LogP) is 4.21. The van der Waals surface area contributed by atoms with Crippen LogP contribution in [0.5, 0.6) is 0 Å². The van der Waals surface area contributed by atoms with E-state index in [1.54, 1.807) is 54.6 Å². The van der Waals surface area contributed by atoms with Gasteiger partial charge in [-0.2, -0.15) is 12.7 Å². The number of anilines is 1. The van der Waals surface area contributed by atoms with Crippen molar-refractivity contribution < 1.29 is 18.0 Å². The lowest BCUT2D eigenvalue weighted by Crippen LogP contribution is -2.54. The van der Waals surface area contributed by atoms with Crippen LogP contribution in [0, 0.1) is 0 Å². The largest absolute Gasteiger partial charge is 0.352 e. The van der Waals surface area contributed by atoms with Crippen molar-refractivity contribution in [1.29, 1.82) is 0 Å². The Hall–Kier alpha value is -2.62. The van der Waals surface area contributed by atoms with E-state index >= 15 is 0 Å². The maximum absolute atomic E-state index is 13.9. The Bertz CT molecular complexity index is 1140. The van der Waals surface area contributed by atoms with Gasteiger partial charge in [0, 0.05) is 31.7 Å². The molecule has 3 rings (SSSR count). The molecule has 8 nitrogen and oxygen atoms in total. The average Bonchev–Trinajstić information content (AvgIpc) is 2.89. The first-order chi connectivity index (χ1) is 17.6. The van der Waals surface area contributed by atoms with Crippen molar-refractivity contribution in [2.24, 2.45) is 0 Å². The summed E-state index contributed by atoms with van der Waals surface area (Å²) in [5, 5.41) is 3.71. The summed E-state index contributed by atoms with van der Waals surface area (Å²) in [7, 11) is -1.12. The number of carbonyl (C=O) groups is 2. The summed E-state index contributed by atoms with van der Waals surface area (Å²) in [6, 6.07) is 14.9. The first-order valence-corrected chi connectivity index (χ1v) is 14.5. The van der Waals surface area contributed by atoms with Gasteiger partial charge in [0.15, 0.2) is 0 Å². The topological polar surface area (TPSA) is 90.0 Å². The molecule has 0 saturated heterocycles. The van der Waals surface area contributed by atoms with E-state index in [9.17, 15) is 18.0 Å². The minimum atomic E-state index is -3.97. The van der Waals surface area contributed by atoms with E-state index < -0.39 is 28.7 Å². The minimum absolute atomic E-state index is 0.0951. The summed E-state index contributed by atoms with van der Waals surface area (Å²) >= 11 is 6.05. The molecular formula is C27H37ClN4O4S. The Labute approximate surface area is 225 Å². The highest BCUT2D eigenvalue weighted by atomic mass is 35.5. The summed E-state index contributed by atoms with van der Waals surface area (Å²) in [6.45, 7) is 1.57. The fourth-order valence-electron chi connectivity index (χ4n) is 4.56. The third kappa shape index (κ3) is 7.69. The molecule has 1 fully saturated rings. The van der Waals surface area contributed by atoms with Crippen LogP contribution in [0.1, 0.15) is 51.0 Å². The number of halogens is 1. The van der Waals surface area contributed by atoms with Gasteiger partial charge in [0.25, 0.3) is 0 Å².